The zero-order valence-corrected chi connectivity index (χ0v) is 15.3. The van der Waals surface area contributed by atoms with Crippen LogP contribution in [-0.2, 0) is 4.74 Å². The molecule has 1 saturated heterocycles. The maximum Gasteiger partial charge on any atom is 0.231 e. The highest BCUT2D eigenvalue weighted by atomic mass is 19.1. The summed E-state index contributed by atoms with van der Waals surface area (Å²) in [5, 5.41) is 39.8. The van der Waals surface area contributed by atoms with Crippen molar-refractivity contribution in [1.82, 2.24) is 0 Å². The molecule has 1 heterocycles. The summed E-state index contributed by atoms with van der Waals surface area (Å²) in [4.78, 5) is 0. The minimum Gasteiger partial charge on any atom is -0.461 e. The van der Waals surface area contributed by atoms with Crippen LogP contribution in [0, 0.1) is 18.6 Å². The van der Waals surface area contributed by atoms with Crippen LogP contribution in [0.25, 0.3) is 11.1 Å². The molecule has 8 heteroatoms. The molecule has 6 nitrogen and oxygen atoms in total. The van der Waals surface area contributed by atoms with E-state index in [1.54, 1.807) is 19.1 Å². The molecular weight excluding hydrogens is 374 g/mol. The first-order valence-electron chi connectivity index (χ1n) is 8.72. The standard InChI is InChI=1S/C20H22F2O6/c1-10-7-11(13-5-4-12(21)8-14(13)22)3-6-15(10)27-19-20(2,26)18(25)17(24)16(9-23)28-19/h3-8,16-19,23-26H,9H2,1-2H3/t16-,17-,18+,19+,20+/m1/s1. The van der Waals surface area contributed by atoms with E-state index < -0.39 is 48.4 Å². The Morgan fingerprint density at radius 1 is 1.14 bits per heavy atom. The van der Waals surface area contributed by atoms with E-state index in [4.69, 9.17) is 9.47 Å². The van der Waals surface area contributed by atoms with Gasteiger partial charge < -0.3 is 29.9 Å². The number of aliphatic hydroxyl groups excluding tert-OH is 3. The first-order valence-corrected chi connectivity index (χ1v) is 8.72. The molecule has 28 heavy (non-hydrogen) atoms. The predicted molar refractivity (Wildman–Crippen MR) is 95.5 cm³/mol. The quantitative estimate of drug-likeness (QED) is 0.625. The van der Waals surface area contributed by atoms with E-state index >= 15 is 0 Å². The average Bonchev–Trinajstić information content (AvgIpc) is 2.64. The molecule has 1 fully saturated rings. The number of ether oxygens (including phenoxy) is 2. The largest absolute Gasteiger partial charge is 0.461 e. The molecule has 3 rings (SSSR count). The maximum atomic E-state index is 14.0. The molecule has 0 unspecified atom stereocenters. The number of hydrogen-bond donors (Lipinski definition) is 4. The number of aliphatic hydroxyl groups is 4. The highest BCUT2D eigenvalue weighted by Gasteiger charge is 2.53. The summed E-state index contributed by atoms with van der Waals surface area (Å²) in [6, 6.07) is 8.00. The molecule has 0 saturated carbocycles. The summed E-state index contributed by atoms with van der Waals surface area (Å²) < 4.78 is 38.2. The topological polar surface area (TPSA) is 99.4 Å². The van der Waals surface area contributed by atoms with Gasteiger partial charge in [0.2, 0.25) is 6.29 Å². The number of aryl methyl sites for hydroxylation is 1. The minimum atomic E-state index is -1.95. The SMILES string of the molecule is Cc1cc(-c2ccc(F)cc2F)ccc1O[C@H]1O[C@H](CO)[C@@H](O)[C@H](O)[C@]1(C)O. The van der Waals surface area contributed by atoms with Crippen LogP contribution in [0.2, 0.25) is 0 Å². The van der Waals surface area contributed by atoms with E-state index in [9.17, 15) is 29.2 Å². The molecule has 5 atom stereocenters. The van der Waals surface area contributed by atoms with Gasteiger partial charge in [0.25, 0.3) is 0 Å². The molecular formula is C20H22F2O6. The van der Waals surface area contributed by atoms with Gasteiger partial charge in [-0.25, -0.2) is 8.78 Å². The lowest BCUT2D eigenvalue weighted by Gasteiger charge is -2.45. The average molecular weight is 396 g/mol. The molecule has 4 N–H and O–H groups in total. The Hall–Kier alpha value is -2.10. The van der Waals surface area contributed by atoms with Crippen molar-refractivity contribution in [2.45, 2.75) is 44.1 Å². The van der Waals surface area contributed by atoms with Gasteiger partial charge in [-0.05, 0) is 49.2 Å². The Bertz CT molecular complexity index is 857. The van der Waals surface area contributed by atoms with E-state index in [1.807, 2.05) is 0 Å². The van der Waals surface area contributed by atoms with Crippen LogP contribution in [-0.4, -0.2) is 57.2 Å². The van der Waals surface area contributed by atoms with Gasteiger partial charge in [-0.1, -0.05) is 6.07 Å². The summed E-state index contributed by atoms with van der Waals surface area (Å²) in [5.74, 6) is -1.08. The zero-order chi connectivity index (χ0) is 20.6. The Morgan fingerprint density at radius 3 is 2.46 bits per heavy atom. The van der Waals surface area contributed by atoms with E-state index in [1.165, 1.54) is 19.1 Å². The maximum absolute atomic E-state index is 14.0. The summed E-state index contributed by atoms with van der Waals surface area (Å²) in [6.45, 7) is 2.36. The normalized spacial score (nSPS) is 30.3. The van der Waals surface area contributed by atoms with Crippen LogP contribution >= 0.6 is 0 Å². The third-order valence-electron chi connectivity index (χ3n) is 4.91. The van der Waals surface area contributed by atoms with Crippen molar-refractivity contribution in [2.75, 3.05) is 6.61 Å². The molecule has 1 aliphatic rings. The fourth-order valence-electron chi connectivity index (χ4n) is 3.15. The van der Waals surface area contributed by atoms with Crippen molar-refractivity contribution < 1.29 is 38.7 Å². The highest BCUT2D eigenvalue weighted by molar-refractivity contribution is 5.66. The molecule has 0 spiro atoms. The summed E-state index contributed by atoms with van der Waals surface area (Å²) in [6.07, 6.45) is -5.58. The summed E-state index contributed by atoms with van der Waals surface area (Å²) >= 11 is 0. The van der Waals surface area contributed by atoms with Crippen LogP contribution in [0.1, 0.15) is 12.5 Å². The van der Waals surface area contributed by atoms with Gasteiger partial charge in [0.05, 0.1) is 6.61 Å². The number of benzene rings is 2. The number of halogens is 2. The smallest absolute Gasteiger partial charge is 0.231 e. The second-order valence-corrected chi connectivity index (χ2v) is 7.07. The van der Waals surface area contributed by atoms with Gasteiger partial charge in [0.15, 0.2) is 5.60 Å². The van der Waals surface area contributed by atoms with Gasteiger partial charge in [-0.2, -0.15) is 0 Å². The number of rotatable bonds is 4. The van der Waals surface area contributed by atoms with Crippen LogP contribution < -0.4 is 4.74 Å². The Balaban J connectivity index is 1.86. The van der Waals surface area contributed by atoms with Crippen molar-refractivity contribution in [1.29, 1.82) is 0 Å². The van der Waals surface area contributed by atoms with Crippen LogP contribution in [0.15, 0.2) is 36.4 Å². The van der Waals surface area contributed by atoms with Crippen molar-refractivity contribution in [2.24, 2.45) is 0 Å². The second-order valence-electron chi connectivity index (χ2n) is 7.07. The Morgan fingerprint density at radius 2 is 1.86 bits per heavy atom. The third kappa shape index (κ3) is 3.74. The minimum absolute atomic E-state index is 0.218. The molecule has 152 valence electrons. The predicted octanol–water partition coefficient (Wildman–Crippen LogP) is 1.51. The van der Waals surface area contributed by atoms with Gasteiger partial charge >= 0.3 is 0 Å². The molecule has 0 aliphatic carbocycles. The lowest BCUT2D eigenvalue weighted by molar-refractivity contribution is -0.314. The zero-order valence-electron chi connectivity index (χ0n) is 15.3. The van der Waals surface area contributed by atoms with Gasteiger partial charge in [0, 0.05) is 11.6 Å². The van der Waals surface area contributed by atoms with Crippen molar-refractivity contribution in [3.63, 3.8) is 0 Å². The molecule has 0 aromatic heterocycles. The highest BCUT2D eigenvalue weighted by Crippen LogP contribution is 2.34. The van der Waals surface area contributed by atoms with Crippen molar-refractivity contribution in [3.8, 4) is 16.9 Å². The molecule has 1 aliphatic heterocycles. The number of hydrogen-bond acceptors (Lipinski definition) is 6. The fourth-order valence-corrected chi connectivity index (χ4v) is 3.15. The fraction of sp³-hybridized carbons (Fsp3) is 0.400. The van der Waals surface area contributed by atoms with Crippen LogP contribution in [0.5, 0.6) is 5.75 Å². The monoisotopic (exact) mass is 396 g/mol. The molecule has 0 bridgehead atoms. The van der Waals surface area contributed by atoms with Crippen LogP contribution in [0.4, 0.5) is 8.78 Å². The molecule has 2 aromatic rings. The Labute approximate surface area is 160 Å². The van der Waals surface area contributed by atoms with Crippen molar-refractivity contribution in [3.05, 3.63) is 53.6 Å². The third-order valence-corrected chi connectivity index (χ3v) is 4.91. The Kier molecular flexibility index (Phi) is 5.69. The lowest BCUT2D eigenvalue weighted by Crippen LogP contribution is -2.66. The first kappa shape index (κ1) is 20.6. The van der Waals surface area contributed by atoms with Crippen molar-refractivity contribution >= 4 is 0 Å². The summed E-state index contributed by atoms with van der Waals surface area (Å²) in [7, 11) is 0. The first-order chi connectivity index (χ1) is 13.1. The second kappa shape index (κ2) is 7.73. The molecule has 0 radical (unpaired) electrons. The van der Waals surface area contributed by atoms with E-state index in [0.717, 1.165) is 12.1 Å². The summed E-state index contributed by atoms with van der Waals surface area (Å²) in [5.41, 5.74) is -0.654. The van der Waals surface area contributed by atoms with E-state index in [2.05, 4.69) is 0 Å². The molecule has 0 amide bonds. The van der Waals surface area contributed by atoms with Gasteiger partial charge in [0.1, 0.15) is 35.7 Å². The van der Waals surface area contributed by atoms with Gasteiger partial charge in [-0.3, -0.25) is 0 Å². The van der Waals surface area contributed by atoms with Crippen LogP contribution in [0.3, 0.4) is 0 Å². The lowest BCUT2D eigenvalue weighted by atomic mass is 9.88. The van der Waals surface area contributed by atoms with Gasteiger partial charge in [-0.15, -0.1) is 0 Å². The van der Waals surface area contributed by atoms with E-state index in [-0.39, 0.29) is 11.3 Å². The molecule has 2 aromatic carbocycles. The van der Waals surface area contributed by atoms with E-state index in [0.29, 0.717) is 11.1 Å².